The maximum atomic E-state index is 12.8. The van der Waals surface area contributed by atoms with Crippen LogP contribution in [0.1, 0.15) is 20.1 Å². The second kappa shape index (κ2) is 10.8. The molecule has 0 aliphatic carbocycles. The summed E-state index contributed by atoms with van der Waals surface area (Å²) in [7, 11) is -2.40. The van der Waals surface area contributed by atoms with Gasteiger partial charge in [0.1, 0.15) is 0 Å². The fourth-order valence-electron chi connectivity index (χ4n) is 4.61. The van der Waals surface area contributed by atoms with Gasteiger partial charge in [-0.2, -0.15) is 0 Å². The first-order chi connectivity index (χ1) is 17.3. The number of ether oxygens (including phenoxy) is 1. The van der Waals surface area contributed by atoms with Crippen LogP contribution < -0.4 is 15.9 Å². The topological polar surface area (TPSA) is 26.3 Å². The molecule has 1 heterocycles. The van der Waals surface area contributed by atoms with E-state index in [1.807, 2.05) is 36.4 Å². The number of hydrogen-bond acceptors (Lipinski definition) is 3. The third kappa shape index (κ3) is 5.12. The zero-order valence-electron chi connectivity index (χ0n) is 19.3. The molecular formula is C31H27O2PS. The van der Waals surface area contributed by atoms with Crippen molar-refractivity contribution in [3.63, 3.8) is 0 Å². The van der Waals surface area contributed by atoms with Gasteiger partial charge in [0.05, 0.1) is 0 Å². The van der Waals surface area contributed by atoms with Gasteiger partial charge in [0.15, 0.2) is 0 Å². The van der Waals surface area contributed by atoms with Crippen LogP contribution in [0, 0.1) is 0 Å². The van der Waals surface area contributed by atoms with E-state index in [-0.39, 0.29) is 12.6 Å². The Kier molecular flexibility index (Phi) is 7.18. The van der Waals surface area contributed by atoms with Gasteiger partial charge >= 0.3 is 212 Å². The zero-order valence-corrected chi connectivity index (χ0v) is 21.2. The van der Waals surface area contributed by atoms with Crippen LogP contribution in [0.4, 0.5) is 0 Å². The number of rotatable bonds is 8. The van der Waals surface area contributed by atoms with Crippen molar-refractivity contribution in [2.24, 2.45) is 0 Å². The first-order valence-corrected chi connectivity index (χ1v) is 14.7. The molecular weight excluding hydrogens is 467 g/mol. The summed E-state index contributed by atoms with van der Waals surface area (Å²) in [5.41, 5.74) is 0.987. The average molecular weight is 495 g/mol. The Hall–Kier alpha value is -3.52. The normalized spacial score (nSPS) is 11.7. The number of thiophene rings is 1. The van der Waals surface area contributed by atoms with Crippen LogP contribution in [0.2, 0.25) is 0 Å². The molecule has 2 nitrogen and oxygen atoms in total. The Bertz CT molecular complexity index is 1270. The summed E-state index contributed by atoms with van der Waals surface area (Å²) >= 11 is 1.55. The zero-order chi connectivity index (χ0) is 23.9. The standard InChI is InChI=1S/C31H27O2PS/c32-31(33-23-25-13-5-1-6-14-25)30-22-21-29(35-30)24-34(26-15-7-2-8-16-26,27-17-9-3-10-18-27)28-19-11-4-12-20-28/h1-22,34H,23-24H2. The molecule has 0 aliphatic heterocycles. The second-order valence-corrected chi connectivity index (χ2v) is 13.6. The number of carbonyl (C=O) groups is 1. The molecule has 0 spiro atoms. The van der Waals surface area contributed by atoms with E-state index in [4.69, 9.17) is 4.74 Å². The molecule has 0 fully saturated rings. The van der Waals surface area contributed by atoms with E-state index in [9.17, 15) is 4.79 Å². The molecule has 174 valence electrons. The van der Waals surface area contributed by atoms with E-state index < -0.39 is 7.26 Å². The molecule has 0 atom stereocenters. The molecule has 1 aromatic heterocycles. The molecule has 0 radical (unpaired) electrons. The first kappa shape index (κ1) is 23.2. The fourth-order valence-corrected chi connectivity index (χ4v) is 10.8. The van der Waals surface area contributed by atoms with Crippen molar-refractivity contribution in [2.75, 3.05) is 0 Å². The third-order valence-corrected chi connectivity index (χ3v) is 12.5. The molecule has 0 unspecified atom stereocenters. The van der Waals surface area contributed by atoms with Crippen molar-refractivity contribution in [1.29, 1.82) is 0 Å². The van der Waals surface area contributed by atoms with Crippen LogP contribution in [0.5, 0.6) is 0 Å². The van der Waals surface area contributed by atoms with Crippen LogP contribution in [0.15, 0.2) is 133 Å². The summed E-state index contributed by atoms with van der Waals surface area (Å²) in [5.74, 6) is -0.267. The summed E-state index contributed by atoms with van der Waals surface area (Å²) < 4.78 is 5.59. The Labute approximate surface area is 211 Å². The fraction of sp³-hybridized carbons (Fsp3) is 0.0645. The van der Waals surface area contributed by atoms with Crippen molar-refractivity contribution < 1.29 is 9.53 Å². The van der Waals surface area contributed by atoms with Crippen molar-refractivity contribution in [1.82, 2.24) is 0 Å². The van der Waals surface area contributed by atoms with Crippen LogP contribution in [0.25, 0.3) is 0 Å². The van der Waals surface area contributed by atoms with Crippen LogP contribution in [-0.4, -0.2) is 5.97 Å². The third-order valence-electron chi connectivity index (χ3n) is 6.31. The van der Waals surface area contributed by atoms with Gasteiger partial charge in [-0.05, 0) is 0 Å². The monoisotopic (exact) mass is 494 g/mol. The molecule has 4 heteroatoms. The van der Waals surface area contributed by atoms with E-state index in [0.717, 1.165) is 11.7 Å². The van der Waals surface area contributed by atoms with Gasteiger partial charge in [0, 0.05) is 0 Å². The summed E-state index contributed by atoms with van der Waals surface area (Å²) in [6.07, 6.45) is 0.877. The van der Waals surface area contributed by atoms with Crippen LogP contribution >= 0.6 is 18.6 Å². The van der Waals surface area contributed by atoms with E-state index >= 15 is 0 Å². The molecule has 4 aromatic carbocycles. The van der Waals surface area contributed by atoms with Gasteiger partial charge < -0.3 is 0 Å². The Balaban J connectivity index is 1.51. The number of esters is 1. The number of hydrogen-bond donors (Lipinski definition) is 0. The molecule has 0 N–H and O–H groups in total. The Morgan fingerprint density at radius 1 is 0.600 bits per heavy atom. The molecule has 0 amide bonds. The summed E-state index contributed by atoms with van der Waals surface area (Å²) in [6.45, 7) is 0.281. The van der Waals surface area contributed by atoms with Gasteiger partial charge in [0.2, 0.25) is 0 Å². The van der Waals surface area contributed by atoms with Crippen molar-refractivity contribution >= 4 is 40.5 Å². The van der Waals surface area contributed by atoms with Gasteiger partial charge in [-0.15, -0.1) is 0 Å². The van der Waals surface area contributed by atoms with E-state index in [2.05, 4.69) is 97.1 Å². The predicted molar refractivity (Wildman–Crippen MR) is 150 cm³/mol. The minimum absolute atomic E-state index is 0.267. The molecule has 0 bridgehead atoms. The molecule has 0 saturated heterocycles. The quantitative estimate of drug-likeness (QED) is 0.186. The van der Waals surface area contributed by atoms with Crippen molar-refractivity contribution in [3.05, 3.63) is 149 Å². The average Bonchev–Trinajstić information content (AvgIpc) is 3.41. The van der Waals surface area contributed by atoms with E-state index in [1.54, 1.807) is 11.3 Å². The summed E-state index contributed by atoms with van der Waals surface area (Å²) in [6, 6.07) is 46.3. The van der Waals surface area contributed by atoms with Gasteiger partial charge in [0.25, 0.3) is 0 Å². The van der Waals surface area contributed by atoms with Gasteiger partial charge in [-0.1, -0.05) is 0 Å². The summed E-state index contributed by atoms with van der Waals surface area (Å²) in [4.78, 5) is 14.6. The number of benzene rings is 4. The minimum atomic E-state index is -2.40. The van der Waals surface area contributed by atoms with Crippen LogP contribution in [-0.2, 0) is 17.5 Å². The van der Waals surface area contributed by atoms with Crippen molar-refractivity contribution in [2.45, 2.75) is 12.8 Å². The molecule has 0 aliphatic rings. The Morgan fingerprint density at radius 3 is 1.54 bits per heavy atom. The van der Waals surface area contributed by atoms with Gasteiger partial charge in [-0.25, -0.2) is 0 Å². The molecule has 5 aromatic rings. The van der Waals surface area contributed by atoms with Crippen LogP contribution in [0.3, 0.4) is 0 Å². The number of carbonyl (C=O) groups excluding carboxylic acids is 1. The maximum absolute atomic E-state index is 12.8. The summed E-state index contributed by atoms with van der Waals surface area (Å²) in [5, 5.41) is 4.08. The van der Waals surface area contributed by atoms with Gasteiger partial charge in [-0.3, -0.25) is 0 Å². The SMILES string of the molecule is O=C(OCc1ccccc1)c1ccc(C[PH](c2ccccc2)(c2ccccc2)c2ccccc2)s1. The molecule has 35 heavy (non-hydrogen) atoms. The van der Waals surface area contributed by atoms with Crippen molar-refractivity contribution in [3.8, 4) is 0 Å². The second-order valence-electron chi connectivity index (χ2n) is 8.51. The Morgan fingerprint density at radius 2 is 1.06 bits per heavy atom. The molecule has 5 rings (SSSR count). The first-order valence-electron chi connectivity index (χ1n) is 11.7. The molecule has 0 saturated carbocycles. The van der Waals surface area contributed by atoms with E-state index in [0.29, 0.717) is 4.88 Å². The van der Waals surface area contributed by atoms with E-state index in [1.165, 1.54) is 20.8 Å². The predicted octanol–water partition coefficient (Wildman–Crippen LogP) is 6.33.